The maximum atomic E-state index is 11.5. The first-order chi connectivity index (χ1) is 12.8. The Bertz CT molecular complexity index is 709. The highest BCUT2D eigenvalue weighted by Gasteiger charge is 2.47. The van der Waals surface area contributed by atoms with E-state index in [1.807, 2.05) is 36.0 Å². The van der Waals surface area contributed by atoms with Crippen molar-refractivity contribution in [3.05, 3.63) is 34.7 Å². The number of hydrogen-bond acceptors (Lipinski definition) is 5. The zero-order valence-corrected chi connectivity index (χ0v) is 19.0. The van der Waals surface area contributed by atoms with Gasteiger partial charge in [0, 0.05) is 28.5 Å². The van der Waals surface area contributed by atoms with Gasteiger partial charge in [0.1, 0.15) is 0 Å². The number of ether oxygens (including phenoxy) is 1. The second-order valence-electron chi connectivity index (χ2n) is 7.92. The highest BCUT2D eigenvalue weighted by molar-refractivity contribution is 14.1. The number of allylic oxidation sites excluding steroid dienone is 1. The predicted octanol–water partition coefficient (Wildman–Crippen LogP) is 4.82. The number of alkyl halides is 1. The Morgan fingerprint density at radius 2 is 1.89 bits per heavy atom. The average Bonchev–Trinajstić information content (AvgIpc) is 2.97. The molecule has 2 fully saturated rings. The van der Waals surface area contributed by atoms with Gasteiger partial charge >= 0.3 is 5.97 Å². The molecule has 0 bridgehead atoms. The van der Waals surface area contributed by atoms with Gasteiger partial charge in [-0.25, -0.2) is 0 Å². The molecule has 0 spiro atoms. The number of nitrogen functional groups attached to an aromatic ring is 1. The van der Waals surface area contributed by atoms with Crippen molar-refractivity contribution in [3.63, 3.8) is 0 Å². The monoisotopic (exact) mass is 500 g/mol. The lowest BCUT2D eigenvalue weighted by molar-refractivity contribution is -0.142. The average molecular weight is 500 g/mol. The maximum absolute atomic E-state index is 11.5. The van der Waals surface area contributed by atoms with Crippen LogP contribution in [-0.4, -0.2) is 22.3 Å². The van der Waals surface area contributed by atoms with Crippen LogP contribution < -0.4 is 11.5 Å². The standard InChI is InChI=1S/C21H29IN2O2S/c1-21(22)17(14-5-3-13(4-6-14)11-18(25)26-2)12-27-20(21)19(24)15-7-9-16(23)10-8-15/h7-10,13-14,17H,3-6,11-12,23-24H2,1-2H3/b20-19+/t13?,14?,17?,21-/m1/s1. The minimum Gasteiger partial charge on any atom is -0.469 e. The summed E-state index contributed by atoms with van der Waals surface area (Å²) in [4.78, 5) is 12.8. The fraction of sp³-hybridized carbons (Fsp3) is 0.571. The van der Waals surface area contributed by atoms with Crippen molar-refractivity contribution in [3.8, 4) is 0 Å². The molecule has 27 heavy (non-hydrogen) atoms. The number of carbonyl (C=O) groups excluding carboxylic acids is 1. The van der Waals surface area contributed by atoms with Crippen LogP contribution in [0.4, 0.5) is 5.69 Å². The summed E-state index contributed by atoms with van der Waals surface area (Å²) in [5, 5.41) is 0. The first-order valence-corrected chi connectivity index (χ1v) is 11.6. The van der Waals surface area contributed by atoms with Gasteiger partial charge in [0.15, 0.2) is 0 Å². The second-order valence-corrected chi connectivity index (χ2v) is 11.2. The third kappa shape index (κ3) is 4.58. The molecule has 0 aromatic heterocycles. The first kappa shape index (κ1) is 20.8. The van der Waals surface area contributed by atoms with E-state index in [4.69, 9.17) is 16.2 Å². The lowest BCUT2D eigenvalue weighted by Gasteiger charge is -2.37. The van der Waals surface area contributed by atoms with Crippen LogP contribution in [0.3, 0.4) is 0 Å². The molecule has 0 amide bonds. The summed E-state index contributed by atoms with van der Waals surface area (Å²) in [5.74, 6) is 2.85. The number of methoxy groups -OCH3 is 1. The summed E-state index contributed by atoms with van der Waals surface area (Å²) >= 11 is 4.53. The largest absolute Gasteiger partial charge is 0.469 e. The van der Waals surface area contributed by atoms with Gasteiger partial charge in [-0.1, -0.05) is 34.7 Å². The summed E-state index contributed by atoms with van der Waals surface area (Å²) in [6.07, 6.45) is 5.21. The van der Waals surface area contributed by atoms with Gasteiger partial charge in [-0.05, 0) is 68.1 Å². The van der Waals surface area contributed by atoms with Crippen LogP contribution in [0, 0.1) is 17.8 Å². The molecule has 1 saturated carbocycles. The molecule has 148 valence electrons. The number of anilines is 1. The molecule has 1 aromatic rings. The Morgan fingerprint density at radius 3 is 2.48 bits per heavy atom. The fourth-order valence-corrected chi connectivity index (χ4v) is 7.91. The van der Waals surface area contributed by atoms with E-state index in [1.165, 1.54) is 24.9 Å². The molecule has 1 heterocycles. The van der Waals surface area contributed by atoms with Crippen LogP contribution in [-0.2, 0) is 9.53 Å². The molecule has 2 atom stereocenters. The lowest BCUT2D eigenvalue weighted by atomic mass is 9.72. The van der Waals surface area contributed by atoms with Crippen LogP contribution in [0.25, 0.3) is 5.70 Å². The van der Waals surface area contributed by atoms with Crippen LogP contribution in [0.1, 0.15) is 44.6 Å². The molecule has 1 saturated heterocycles. The summed E-state index contributed by atoms with van der Waals surface area (Å²) < 4.78 is 4.88. The molecular formula is C21H29IN2O2S. The third-order valence-electron chi connectivity index (χ3n) is 6.16. The summed E-state index contributed by atoms with van der Waals surface area (Å²) in [6.45, 7) is 2.33. The van der Waals surface area contributed by atoms with Crippen LogP contribution >= 0.6 is 34.4 Å². The number of benzene rings is 1. The molecule has 3 rings (SSSR count). The van der Waals surface area contributed by atoms with E-state index in [1.54, 1.807) is 0 Å². The van der Waals surface area contributed by atoms with Gasteiger partial charge < -0.3 is 16.2 Å². The minimum absolute atomic E-state index is 0.0494. The summed E-state index contributed by atoms with van der Waals surface area (Å²) in [7, 11) is 1.48. The van der Waals surface area contributed by atoms with Gasteiger partial charge in [0.25, 0.3) is 0 Å². The number of rotatable bonds is 4. The molecule has 6 heteroatoms. The smallest absolute Gasteiger partial charge is 0.305 e. The van der Waals surface area contributed by atoms with E-state index in [0.717, 1.165) is 35.5 Å². The fourth-order valence-electron chi connectivity index (χ4n) is 4.47. The van der Waals surface area contributed by atoms with Crippen molar-refractivity contribution in [1.29, 1.82) is 0 Å². The number of nitrogens with two attached hydrogens (primary N) is 2. The maximum Gasteiger partial charge on any atom is 0.305 e. The van der Waals surface area contributed by atoms with Crippen molar-refractivity contribution < 1.29 is 9.53 Å². The third-order valence-corrected chi connectivity index (χ3v) is 9.32. The number of esters is 1. The molecule has 1 aliphatic heterocycles. The zero-order valence-electron chi connectivity index (χ0n) is 16.0. The Kier molecular flexibility index (Phi) is 6.66. The molecule has 1 unspecified atom stereocenters. The van der Waals surface area contributed by atoms with Crippen molar-refractivity contribution in [2.45, 2.75) is 42.4 Å². The van der Waals surface area contributed by atoms with Gasteiger partial charge in [-0.3, -0.25) is 4.79 Å². The van der Waals surface area contributed by atoms with Crippen molar-refractivity contribution in [2.75, 3.05) is 18.6 Å². The van der Waals surface area contributed by atoms with Crippen molar-refractivity contribution in [1.82, 2.24) is 0 Å². The molecule has 4 N–H and O–H groups in total. The Hall–Kier alpha value is -0.890. The topological polar surface area (TPSA) is 78.3 Å². The van der Waals surface area contributed by atoms with Gasteiger partial charge in [0.05, 0.1) is 10.5 Å². The quantitative estimate of drug-likeness (QED) is 0.268. The van der Waals surface area contributed by atoms with E-state index in [0.29, 0.717) is 24.2 Å². The van der Waals surface area contributed by atoms with Gasteiger partial charge in [-0.15, -0.1) is 11.8 Å². The molecule has 1 aliphatic carbocycles. The van der Waals surface area contributed by atoms with Crippen LogP contribution in [0.5, 0.6) is 0 Å². The summed E-state index contributed by atoms with van der Waals surface area (Å²) in [5.41, 5.74) is 15.1. The highest BCUT2D eigenvalue weighted by Crippen LogP contribution is 2.56. The number of carbonyl (C=O) groups is 1. The Morgan fingerprint density at radius 1 is 1.26 bits per heavy atom. The molecule has 1 aromatic carbocycles. The molecule has 4 nitrogen and oxygen atoms in total. The number of halogens is 1. The van der Waals surface area contributed by atoms with E-state index >= 15 is 0 Å². The van der Waals surface area contributed by atoms with E-state index in [2.05, 4.69) is 29.5 Å². The number of thioether (sulfide) groups is 1. The lowest BCUT2D eigenvalue weighted by Crippen LogP contribution is -2.34. The van der Waals surface area contributed by atoms with Crippen molar-refractivity contribution >= 4 is 51.7 Å². The number of hydrogen-bond donors (Lipinski definition) is 2. The van der Waals surface area contributed by atoms with Crippen LogP contribution in [0.15, 0.2) is 29.2 Å². The first-order valence-electron chi connectivity index (χ1n) is 9.57. The molecular weight excluding hydrogens is 471 g/mol. The SMILES string of the molecule is COC(=O)CC1CCC(C2CS/C(=C(/N)c3ccc(N)cc3)[C@]2(C)I)CC1. The molecule has 0 radical (unpaired) electrons. The highest BCUT2D eigenvalue weighted by atomic mass is 127. The van der Waals surface area contributed by atoms with E-state index in [-0.39, 0.29) is 9.39 Å². The van der Waals surface area contributed by atoms with Gasteiger partial charge in [-0.2, -0.15) is 0 Å². The van der Waals surface area contributed by atoms with E-state index < -0.39 is 0 Å². The van der Waals surface area contributed by atoms with Crippen LogP contribution in [0.2, 0.25) is 0 Å². The normalized spacial score (nSPS) is 32.9. The van der Waals surface area contributed by atoms with Gasteiger partial charge in [0.2, 0.25) is 0 Å². The minimum atomic E-state index is -0.0740. The summed E-state index contributed by atoms with van der Waals surface area (Å²) in [6, 6.07) is 7.84. The van der Waals surface area contributed by atoms with E-state index in [9.17, 15) is 4.79 Å². The Balaban J connectivity index is 1.70. The predicted molar refractivity (Wildman–Crippen MR) is 122 cm³/mol. The van der Waals surface area contributed by atoms with Crippen molar-refractivity contribution in [2.24, 2.45) is 23.5 Å². The second kappa shape index (κ2) is 8.64. The zero-order chi connectivity index (χ0) is 19.6. The Labute approximate surface area is 180 Å². The molecule has 2 aliphatic rings.